The average molecular weight is 349 g/mol. The maximum atomic E-state index is 12.5. The van der Waals surface area contributed by atoms with Crippen LogP contribution >= 0.6 is 11.3 Å². The Morgan fingerprint density at radius 2 is 1.88 bits per heavy atom. The van der Waals surface area contributed by atoms with Crippen molar-refractivity contribution >= 4 is 33.3 Å². The Kier molecular flexibility index (Phi) is 3.95. The highest BCUT2D eigenvalue weighted by Gasteiger charge is 2.17. The van der Waals surface area contributed by atoms with Gasteiger partial charge < -0.3 is 9.72 Å². The molecular weight excluding hydrogens is 334 g/mol. The molecule has 4 rings (SSSR count). The molecule has 1 amide bonds. The van der Waals surface area contributed by atoms with E-state index in [1.807, 2.05) is 60.7 Å². The van der Waals surface area contributed by atoms with E-state index in [0.29, 0.717) is 15.9 Å². The molecule has 0 bridgehead atoms. The number of aromatic amines is 1. The van der Waals surface area contributed by atoms with Gasteiger partial charge in [0.25, 0.3) is 5.91 Å². The third-order valence-corrected chi connectivity index (χ3v) is 4.76. The zero-order chi connectivity index (χ0) is 17.2. The number of rotatable bonds is 4. The third-order valence-electron chi connectivity index (χ3n) is 3.82. The van der Waals surface area contributed by atoms with Crippen LogP contribution in [0.3, 0.4) is 0 Å². The average Bonchev–Trinajstić information content (AvgIpc) is 3.26. The topological polar surface area (TPSA) is 67.0 Å². The van der Waals surface area contributed by atoms with Gasteiger partial charge in [-0.2, -0.15) is 0 Å². The van der Waals surface area contributed by atoms with Crippen LogP contribution in [0, 0.1) is 0 Å². The Morgan fingerprint density at radius 3 is 2.64 bits per heavy atom. The van der Waals surface area contributed by atoms with Crippen LogP contribution in [0.5, 0.6) is 5.06 Å². The van der Waals surface area contributed by atoms with Crippen molar-refractivity contribution in [1.29, 1.82) is 0 Å². The quantitative estimate of drug-likeness (QED) is 0.568. The summed E-state index contributed by atoms with van der Waals surface area (Å²) in [4.78, 5) is 20.1. The predicted octanol–water partition coefficient (Wildman–Crippen LogP) is 4.55. The molecule has 6 heteroatoms. The summed E-state index contributed by atoms with van der Waals surface area (Å²) in [6.07, 6.45) is 0. The van der Waals surface area contributed by atoms with E-state index in [1.54, 1.807) is 7.11 Å². The van der Waals surface area contributed by atoms with E-state index in [0.717, 1.165) is 22.2 Å². The first-order valence-electron chi connectivity index (χ1n) is 7.74. The van der Waals surface area contributed by atoms with Gasteiger partial charge in [0.2, 0.25) is 5.06 Å². The van der Waals surface area contributed by atoms with Crippen LogP contribution < -0.4 is 10.1 Å². The van der Waals surface area contributed by atoms with Crippen molar-refractivity contribution in [2.24, 2.45) is 0 Å². The summed E-state index contributed by atoms with van der Waals surface area (Å²) in [6.45, 7) is 0. The number of amides is 1. The predicted molar refractivity (Wildman–Crippen MR) is 100 cm³/mol. The fourth-order valence-corrected chi connectivity index (χ4v) is 3.44. The van der Waals surface area contributed by atoms with Gasteiger partial charge in [0.15, 0.2) is 5.13 Å². The molecule has 0 saturated heterocycles. The van der Waals surface area contributed by atoms with Crippen LogP contribution in [-0.2, 0) is 0 Å². The number of para-hydroxylation sites is 1. The summed E-state index contributed by atoms with van der Waals surface area (Å²) in [6, 6.07) is 19.3. The molecule has 0 aliphatic heterocycles. The molecule has 2 aromatic heterocycles. The summed E-state index contributed by atoms with van der Waals surface area (Å²) >= 11 is 1.31. The molecule has 25 heavy (non-hydrogen) atoms. The number of aromatic nitrogens is 2. The number of hydrogen-bond acceptors (Lipinski definition) is 4. The van der Waals surface area contributed by atoms with E-state index in [9.17, 15) is 4.79 Å². The van der Waals surface area contributed by atoms with Crippen LogP contribution in [0.25, 0.3) is 22.2 Å². The smallest absolute Gasteiger partial charge is 0.273 e. The third kappa shape index (κ3) is 2.99. The molecule has 0 aliphatic rings. The van der Waals surface area contributed by atoms with Gasteiger partial charge in [0.05, 0.1) is 7.11 Å². The zero-order valence-electron chi connectivity index (χ0n) is 13.4. The maximum absolute atomic E-state index is 12.5. The first-order chi connectivity index (χ1) is 12.2. The van der Waals surface area contributed by atoms with Crippen molar-refractivity contribution in [3.8, 4) is 16.3 Å². The molecular formula is C19H15N3O2S. The molecule has 0 aliphatic carbocycles. The molecule has 124 valence electrons. The number of hydrogen-bond donors (Lipinski definition) is 2. The number of ether oxygens (including phenoxy) is 1. The summed E-state index contributed by atoms with van der Waals surface area (Å²) < 4.78 is 5.41. The maximum Gasteiger partial charge on any atom is 0.273 e. The van der Waals surface area contributed by atoms with E-state index in [2.05, 4.69) is 15.3 Å². The lowest BCUT2D eigenvalue weighted by molar-refractivity contribution is 0.102. The number of carbonyl (C=O) groups excluding carboxylic acids is 1. The molecule has 0 atom stereocenters. The highest BCUT2D eigenvalue weighted by molar-refractivity contribution is 7.18. The Morgan fingerprint density at radius 1 is 1.12 bits per heavy atom. The minimum Gasteiger partial charge on any atom is -0.486 e. The van der Waals surface area contributed by atoms with Gasteiger partial charge in [-0.1, -0.05) is 59.9 Å². The number of nitrogens with one attached hydrogen (secondary N) is 2. The number of anilines is 1. The zero-order valence-corrected chi connectivity index (χ0v) is 14.3. The fraction of sp³-hybridized carbons (Fsp3) is 0.0526. The van der Waals surface area contributed by atoms with Crippen LogP contribution in [0.2, 0.25) is 0 Å². The molecule has 0 fully saturated rings. The molecule has 2 aromatic carbocycles. The van der Waals surface area contributed by atoms with Crippen molar-refractivity contribution in [2.45, 2.75) is 0 Å². The molecule has 2 N–H and O–H groups in total. The van der Waals surface area contributed by atoms with Crippen LogP contribution in [-0.4, -0.2) is 23.0 Å². The van der Waals surface area contributed by atoms with E-state index in [1.165, 1.54) is 11.3 Å². The van der Waals surface area contributed by atoms with Crippen LogP contribution in [0.4, 0.5) is 5.13 Å². The van der Waals surface area contributed by atoms with Crippen molar-refractivity contribution < 1.29 is 9.53 Å². The van der Waals surface area contributed by atoms with Gasteiger partial charge in [-0.25, -0.2) is 4.98 Å². The summed E-state index contributed by atoms with van der Waals surface area (Å²) in [5.41, 5.74) is 3.09. The Balaban J connectivity index is 1.62. The number of benzene rings is 2. The molecule has 0 unspecified atom stereocenters. The van der Waals surface area contributed by atoms with Gasteiger partial charge in [-0.3, -0.25) is 10.1 Å². The number of thiazole rings is 1. The van der Waals surface area contributed by atoms with E-state index < -0.39 is 0 Å². The lowest BCUT2D eigenvalue weighted by Gasteiger charge is -1.99. The van der Waals surface area contributed by atoms with Crippen molar-refractivity contribution in [3.63, 3.8) is 0 Å². The monoisotopic (exact) mass is 349 g/mol. The lowest BCUT2D eigenvalue weighted by atomic mass is 10.2. The summed E-state index contributed by atoms with van der Waals surface area (Å²) in [5.74, 6) is -0.229. The SMILES string of the molecule is COc1sc(NC(=O)c2cc3ccccc3[nH]2)nc1-c1ccccc1. The number of fused-ring (bicyclic) bond motifs is 1. The number of nitrogens with zero attached hydrogens (tertiary/aromatic N) is 1. The van der Waals surface area contributed by atoms with Gasteiger partial charge in [-0.15, -0.1) is 0 Å². The fourth-order valence-electron chi connectivity index (χ4n) is 2.64. The summed E-state index contributed by atoms with van der Waals surface area (Å²) in [7, 11) is 1.60. The highest BCUT2D eigenvalue weighted by Crippen LogP contribution is 2.37. The van der Waals surface area contributed by atoms with Gasteiger partial charge in [-0.05, 0) is 12.1 Å². The molecule has 0 radical (unpaired) electrons. The Labute approximate surface area is 148 Å². The normalized spacial score (nSPS) is 10.8. The van der Waals surface area contributed by atoms with Crippen molar-refractivity contribution in [3.05, 3.63) is 66.4 Å². The second-order valence-electron chi connectivity index (χ2n) is 5.45. The largest absolute Gasteiger partial charge is 0.486 e. The van der Waals surface area contributed by atoms with Crippen LogP contribution in [0.15, 0.2) is 60.7 Å². The van der Waals surface area contributed by atoms with Crippen molar-refractivity contribution in [1.82, 2.24) is 9.97 Å². The Bertz CT molecular complexity index is 1000. The second-order valence-corrected chi connectivity index (χ2v) is 6.41. The minimum absolute atomic E-state index is 0.229. The Hall–Kier alpha value is -3.12. The van der Waals surface area contributed by atoms with Gasteiger partial charge in [0.1, 0.15) is 11.4 Å². The van der Waals surface area contributed by atoms with E-state index in [-0.39, 0.29) is 5.91 Å². The molecule has 0 spiro atoms. The minimum atomic E-state index is -0.229. The second kappa shape index (κ2) is 6.41. The van der Waals surface area contributed by atoms with Gasteiger partial charge >= 0.3 is 0 Å². The first-order valence-corrected chi connectivity index (χ1v) is 8.55. The molecule has 5 nitrogen and oxygen atoms in total. The van der Waals surface area contributed by atoms with E-state index in [4.69, 9.17) is 4.74 Å². The molecule has 0 saturated carbocycles. The summed E-state index contributed by atoms with van der Waals surface area (Å²) in [5, 5.41) is 5.00. The first kappa shape index (κ1) is 15.4. The molecule has 2 heterocycles. The van der Waals surface area contributed by atoms with Crippen molar-refractivity contribution in [2.75, 3.05) is 12.4 Å². The van der Waals surface area contributed by atoms with E-state index >= 15 is 0 Å². The molecule has 4 aromatic rings. The lowest BCUT2D eigenvalue weighted by Crippen LogP contribution is -2.11. The van der Waals surface area contributed by atoms with Crippen LogP contribution in [0.1, 0.15) is 10.5 Å². The number of H-pyrrole nitrogens is 1. The number of methoxy groups -OCH3 is 1. The highest BCUT2D eigenvalue weighted by atomic mass is 32.1. The van der Waals surface area contributed by atoms with Gasteiger partial charge in [0, 0.05) is 16.5 Å². The standard InChI is InChI=1S/C19H15N3O2S/c1-24-18-16(12-7-3-2-4-8-12)21-19(25-18)22-17(23)15-11-13-9-5-6-10-14(13)20-15/h2-11,20H,1H3,(H,21,22,23). The number of carbonyl (C=O) groups is 1.